The second-order valence-electron chi connectivity index (χ2n) is 14.9. The van der Waals surface area contributed by atoms with Gasteiger partial charge in [0.05, 0.1) is 0 Å². The van der Waals surface area contributed by atoms with Crippen LogP contribution in [-0.2, 0) is 0 Å². The van der Waals surface area contributed by atoms with Crippen molar-refractivity contribution < 1.29 is 0 Å². The Labute approximate surface area is 246 Å². The van der Waals surface area contributed by atoms with E-state index in [-0.39, 0.29) is 16.2 Å². The summed E-state index contributed by atoms with van der Waals surface area (Å²) in [4.78, 5) is 0. The molecule has 0 aromatic heterocycles. The van der Waals surface area contributed by atoms with Crippen molar-refractivity contribution in [1.82, 2.24) is 0 Å². The summed E-state index contributed by atoms with van der Waals surface area (Å²) in [6.45, 7) is 38.3. The van der Waals surface area contributed by atoms with Crippen molar-refractivity contribution in [2.45, 2.75) is 113 Å². The van der Waals surface area contributed by atoms with Gasteiger partial charge in [0.1, 0.15) is 0 Å². The summed E-state index contributed by atoms with van der Waals surface area (Å²) in [6.07, 6.45) is 10.3. The highest BCUT2D eigenvalue weighted by atomic mass is 14.7. The highest BCUT2D eigenvalue weighted by molar-refractivity contribution is 5.87. The van der Waals surface area contributed by atoms with Crippen molar-refractivity contribution >= 4 is 5.57 Å². The molecule has 1 aromatic rings. The van der Waals surface area contributed by atoms with E-state index in [4.69, 9.17) is 19.7 Å². The zero-order valence-corrected chi connectivity index (χ0v) is 26.9. The molecule has 1 aromatic carbocycles. The van der Waals surface area contributed by atoms with Crippen molar-refractivity contribution in [2.75, 3.05) is 0 Å². The van der Waals surface area contributed by atoms with Crippen LogP contribution in [0.5, 0.6) is 0 Å². The van der Waals surface area contributed by atoms with E-state index in [1.54, 1.807) is 0 Å². The predicted molar refractivity (Wildman–Crippen MR) is 175 cm³/mol. The van der Waals surface area contributed by atoms with Crippen molar-refractivity contribution in [2.24, 2.45) is 28.1 Å². The van der Waals surface area contributed by atoms with Gasteiger partial charge in [0.2, 0.25) is 0 Å². The van der Waals surface area contributed by atoms with Gasteiger partial charge < -0.3 is 0 Å². The minimum atomic E-state index is -0.172. The molecule has 0 heteroatoms. The Bertz CT molecular complexity index is 1370. The van der Waals surface area contributed by atoms with Gasteiger partial charge in [-0.25, -0.2) is 0 Å². The molecule has 0 bridgehead atoms. The molecule has 0 nitrogen and oxygen atoms in total. The second-order valence-corrected chi connectivity index (χ2v) is 14.9. The molecular formula is C40H54. The molecule has 0 heterocycles. The highest BCUT2D eigenvalue weighted by Gasteiger charge is 2.66. The van der Waals surface area contributed by atoms with E-state index in [9.17, 15) is 0 Å². The van der Waals surface area contributed by atoms with Crippen LogP contribution in [0.4, 0.5) is 0 Å². The fourth-order valence-electron chi connectivity index (χ4n) is 10.4. The lowest BCUT2D eigenvalue weighted by Crippen LogP contribution is -2.59. The molecule has 5 atom stereocenters. The first kappa shape index (κ1) is 29.2. The number of hydrogen-bond acceptors (Lipinski definition) is 0. The van der Waals surface area contributed by atoms with E-state index < -0.39 is 0 Å². The molecule has 0 spiro atoms. The summed E-state index contributed by atoms with van der Waals surface area (Å²) >= 11 is 0. The minimum absolute atomic E-state index is 0.0155. The third-order valence-electron chi connectivity index (χ3n) is 12.8. The molecule has 0 unspecified atom stereocenters. The van der Waals surface area contributed by atoms with E-state index in [0.29, 0.717) is 11.8 Å². The Kier molecular flexibility index (Phi) is 7.21. The third-order valence-corrected chi connectivity index (χ3v) is 12.8. The molecule has 1 fully saturated rings. The quantitative estimate of drug-likeness (QED) is 0.318. The maximum Gasteiger partial charge on any atom is 0.0197 e. The van der Waals surface area contributed by atoms with Gasteiger partial charge in [0.15, 0.2) is 0 Å². The van der Waals surface area contributed by atoms with Crippen LogP contribution in [0.15, 0.2) is 83.5 Å². The van der Waals surface area contributed by atoms with Crippen LogP contribution >= 0.6 is 0 Å². The van der Waals surface area contributed by atoms with Gasteiger partial charge in [-0.05, 0) is 116 Å². The maximum atomic E-state index is 4.88. The van der Waals surface area contributed by atoms with E-state index in [1.165, 1.54) is 94.2 Å². The molecule has 0 saturated heterocycles. The summed E-state index contributed by atoms with van der Waals surface area (Å²) in [5.74, 6) is 1.73. The van der Waals surface area contributed by atoms with Gasteiger partial charge in [0.25, 0.3) is 0 Å². The number of allylic oxidation sites excluding steroid dienone is 8. The molecule has 40 heavy (non-hydrogen) atoms. The molecule has 214 valence electrons. The largest absolute Gasteiger partial charge is 0.0999 e. The molecular weight excluding hydrogens is 480 g/mol. The van der Waals surface area contributed by atoms with Crippen LogP contribution in [0, 0.1) is 35.0 Å². The van der Waals surface area contributed by atoms with Crippen molar-refractivity contribution in [3.8, 4) is 0 Å². The standard InChI is InChI=1S/C40H54/c1-24(2)35-27(5)23-38(10)34(22-25(3)20-21-32-17-13-14-18-32)39(11)29(7)33-19-15-16-26(4)36(33)28(6)37(39)31(9)40(38,12)30(35)8/h15-16,19,29,32,34H,1,3,6,8,13-14,17-18,20-23H2,2,4-5,7,9-12H3/t29-,34+,38+,39-,40-/m1/s1. The molecule has 0 N–H and O–H groups in total. The topological polar surface area (TPSA) is 0 Å². The van der Waals surface area contributed by atoms with Crippen LogP contribution in [-0.4, -0.2) is 0 Å². The average molecular weight is 535 g/mol. The van der Waals surface area contributed by atoms with E-state index in [1.807, 2.05) is 0 Å². The van der Waals surface area contributed by atoms with Crippen LogP contribution in [0.1, 0.15) is 122 Å². The zero-order chi connectivity index (χ0) is 29.4. The van der Waals surface area contributed by atoms with Gasteiger partial charge in [-0.1, -0.05) is 120 Å². The Balaban J connectivity index is 1.73. The normalized spacial score (nSPS) is 34.1. The van der Waals surface area contributed by atoms with Gasteiger partial charge in [-0.3, -0.25) is 0 Å². The van der Waals surface area contributed by atoms with Crippen molar-refractivity contribution in [1.29, 1.82) is 0 Å². The fourth-order valence-corrected chi connectivity index (χ4v) is 10.4. The number of rotatable bonds is 6. The molecule has 0 aliphatic heterocycles. The number of benzene rings is 1. The molecule has 4 aliphatic carbocycles. The monoisotopic (exact) mass is 534 g/mol. The fraction of sp³-hybridized carbons (Fsp3) is 0.550. The van der Waals surface area contributed by atoms with Crippen LogP contribution in [0.3, 0.4) is 0 Å². The van der Waals surface area contributed by atoms with Crippen molar-refractivity contribution in [3.63, 3.8) is 0 Å². The molecule has 0 amide bonds. The highest BCUT2D eigenvalue weighted by Crippen LogP contribution is 2.75. The SMILES string of the molecule is C=C(CCC1CCCC1)C[C@@H]1[C@]2(C)C(=C(C)[C@@]3(C)C(=C)C(C(=C)C)=C(C)C[C@@]13C)C(=C)c1c(C)cccc1[C@H]2C. The van der Waals surface area contributed by atoms with E-state index in [2.05, 4.69) is 80.2 Å². The number of fused-ring (bicyclic) bond motifs is 3. The van der Waals surface area contributed by atoms with Crippen molar-refractivity contribution in [3.05, 3.63) is 100 Å². The lowest BCUT2D eigenvalue weighted by molar-refractivity contribution is -0.0371. The summed E-state index contributed by atoms with van der Waals surface area (Å²) in [5, 5.41) is 0. The van der Waals surface area contributed by atoms with Crippen LogP contribution < -0.4 is 0 Å². The maximum absolute atomic E-state index is 4.88. The molecule has 0 radical (unpaired) electrons. The van der Waals surface area contributed by atoms with E-state index >= 15 is 0 Å². The van der Waals surface area contributed by atoms with E-state index in [0.717, 1.165) is 24.3 Å². The van der Waals surface area contributed by atoms with Gasteiger partial charge >= 0.3 is 0 Å². The summed E-state index contributed by atoms with van der Waals surface area (Å²) in [6, 6.07) is 6.89. The van der Waals surface area contributed by atoms with Crippen LogP contribution in [0.2, 0.25) is 0 Å². The zero-order valence-electron chi connectivity index (χ0n) is 26.9. The molecule has 1 saturated carbocycles. The van der Waals surface area contributed by atoms with Gasteiger partial charge in [0, 0.05) is 10.8 Å². The third kappa shape index (κ3) is 3.84. The predicted octanol–water partition coefficient (Wildman–Crippen LogP) is 11.9. The average Bonchev–Trinajstić information content (AvgIpc) is 3.40. The molecule has 5 rings (SSSR count). The lowest BCUT2D eigenvalue weighted by atomic mass is 9.36. The summed E-state index contributed by atoms with van der Waals surface area (Å²) < 4.78 is 0. The summed E-state index contributed by atoms with van der Waals surface area (Å²) in [5.41, 5.74) is 14.8. The first-order valence-electron chi connectivity index (χ1n) is 15.9. The first-order valence-corrected chi connectivity index (χ1v) is 15.9. The number of hydrogen-bond donors (Lipinski definition) is 0. The Morgan fingerprint density at radius 3 is 2.27 bits per heavy atom. The van der Waals surface area contributed by atoms with Crippen LogP contribution in [0.25, 0.3) is 5.57 Å². The minimum Gasteiger partial charge on any atom is -0.0999 e. The Morgan fingerprint density at radius 1 is 1.00 bits per heavy atom. The number of aryl methyl sites for hydroxylation is 1. The first-order chi connectivity index (χ1) is 18.7. The van der Waals surface area contributed by atoms with Gasteiger partial charge in [-0.15, -0.1) is 0 Å². The summed E-state index contributed by atoms with van der Waals surface area (Å²) in [7, 11) is 0. The lowest BCUT2D eigenvalue weighted by Gasteiger charge is -2.67. The molecule has 4 aliphatic rings. The Morgan fingerprint density at radius 2 is 1.65 bits per heavy atom. The smallest absolute Gasteiger partial charge is 0.0197 e. The Hall–Kier alpha value is -2.34. The second kappa shape index (κ2) is 9.89. The van der Waals surface area contributed by atoms with Gasteiger partial charge in [-0.2, -0.15) is 0 Å².